The van der Waals surface area contributed by atoms with Crippen molar-refractivity contribution in [2.75, 3.05) is 6.54 Å². The number of aromatic nitrogens is 2. The number of nitrogens with zero attached hydrogens (tertiary/aromatic N) is 2. The van der Waals surface area contributed by atoms with Crippen LogP contribution >= 0.6 is 0 Å². The maximum Gasteiger partial charge on any atom is 0.266 e. The van der Waals surface area contributed by atoms with E-state index in [1.54, 1.807) is 12.1 Å². The zero-order valence-electron chi connectivity index (χ0n) is 17.1. The molecule has 0 saturated heterocycles. The van der Waals surface area contributed by atoms with Crippen molar-refractivity contribution in [3.8, 4) is 11.3 Å². The van der Waals surface area contributed by atoms with Gasteiger partial charge in [-0.1, -0.05) is 59.7 Å². The van der Waals surface area contributed by atoms with Crippen LogP contribution in [0, 0.1) is 13.8 Å². The number of aryl methyl sites for hydroxylation is 3. The zero-order valence-corrected chi connectivity index (χ0v) is 17.9. The molecule has 3 aromatic rings. The Balaban J connectivity index is 1.57. The Morgan fingerprint density at radius 1 is 0.933 bits per heavy atom. The third kappa shape index (κ3) is 6.23. The Kier molecular flexibility index (Phi) is 6.97. The van der Waals surface area contributed by atoms with Gasteiger partial charge in [-0.05, 0) is 38.0 Å². The molecule has 0 aliphatic rings. The molecule has 2 aromatic carbocycles. The van der Waals surface area contributed by atoms with Crippen molar-refractivity contribution in [3.63, 3.8) is 0 Å². The van der Waals surface area contributed by atoms with Crippen LogP contribution in [0.4, 0.5) is 0 Å². The lowest BCUT2D eigenvalue weighted by atomic mass is 10.1. The van der Waals surface area contributed by atoms with E-state index in [1.807, 2.05) is 62.4 Å². The normalized spacial score (nSPS) is 11.8. The topological polar surface area (TPSA) is 81.1 Å². The van der Waals surface area contributed by atoms with Crippen molar-refractivity contribution in [2.24, 2.45) is 0 Å². The summed E-state index contributed by atoms with van der Waals surface area (Å²) in [6.45, 7) is 4.52. The summed E-state index contributed by atoms with van der Waals surface area (Å²) in [5.41, 5.74) is 4.49. The van der Waals surface area contributed by atoms with Crippen LogP contribution in [-0.2, 0) is 16.6 Å². The molecule has 3 rings (SSSR count). The Bertz CT molecular complexity index is 1180. The first-order chi connectivity index (χ1) is 14.3. The highest BCUT2D eigenvalue weighted by Crippen LogP contribution is 2.15. The van der Waals surface area contributed by atoms with Crippen LogP contribution in [-0.4, -0.2) is 24.7 Å². The number of sulfonamides is 1. The first-order valence-corrected chi connectivity index (χ1v) is 11.3. The minimum atomic E-state index is -3.55. The Morgan fingerprint density at radius 3 is 2.23 bits per heavy atom. The fourth-order valence-electron chi connectivity index (χ4n) is 2.82. The van der Waals surface area contributed by atoms with Gasteiger partial charge in [0.1, 0.15) is 0 Å². The highest BCUT2D eigenvalue weighted by Gasteiger charge is 2.06. The monoisotopic (exact) mass is 423 g/mol. The van der Waals surface area contributed by atoms with Crippen molar-refractivity contribution in [2.45, 2.75) is 26.8 Å². The van der Waals surface area contributed by atoms with Gasteiger partial charge in [0.25, 0.3) is 5.56 Å². The zero-order chi connectivity index (χ0) is 21.6. The first kappa shape index (κ1) is 21.7. The molecule has 30 heavy (non-hydrogen) atoms. The molecule has 0 aliphatic heterocycles. The highest BCUT2D eigenvalue weighted by molar-refractivity contribution is 7.92. The summed E-state index contributed by atoms with van der Waals surface area (Å²) < 4.78 is 28.2. The standard InChI is InChI=1S/C23H25N3O3S/c1-18-4-8-20(9-5-18)14-17-30(28,29)24-15-3-16-26-23(27)13-12-22(25-26)21-10-6-19(2)7-11-21/h4-14,17,24H,3,15-16H2,1-2H3/b17-14+. The number of rotatable bonds is 8. The number of hydrogen-bond acceptors (Lipinski definition) is 4. The molecule has 0 fully saturated rings. The molecule has 1 heterocycles. The Labute approximate surface area is 177 Å². The molecule has 0 spiro atoms. The number of benzene rings is 2. The van der Waals surface area contributed by atoms with E-state index in [2.05, 4.69) is 9.82 Å². The number of hydrogen-bond donors (Lipinski definition) is 1. The maximum atomic E-state index is 12.1. The molecule has 0 atom stereocenters. The summed E-state index contributed by atoms with van der Waals surface area (Å²) in [4.78, 5) is 12.1. The third-order valence-electron chi connectivity index (χ3n) is 4.58. The average molecular weight is 424 g/mol. The van der Waals surface area contributed by atoms with E-state index >= 15 is 0 Å². The summed E-state index contributed by atoms with van der Waals surface area (Å²) in [7, 11) is -3.55. The summed E-state index contributed by atoms with van der Waals surface area (Å²) in [5.74, 6) is 0. The quantitative estimate of drug-likeness (QED) is 0.562. The van der Waals surface area contributed by atoms with Crippen LogP contribution < -0.4 is 10.3 Å². The molecule has 0 aliphatic carbocycles. The molecule has 0 bridgehead atoms. The van der Waals surface area contributed by atoms with Gasteiger partial charge in [0, 0.05) is 30.1 Å². The second-order valence-electron chi connectivity index (χ2n) is 7.15. The molecule has 1 N–H and O–H groups in total. The average Bonchev–Trinajstić information content (AvgIpc) is 2.73. The fraction of sp³-hybridized carbons (Fsp3) is 0.217. The molecule has 0 amide bonds. The van der Waals surface area contributed by atoms with Gasteiger partial charge in [-0.2, -0.15) is 5.10 Å². The predicted octanol–water partition coefficient (Wildman–Crippen LogP) is 3.51. The molecule has 0 saturated carbocycles. The van der Waals surface area contributed by atoms with E-state index in [0.717, 1.165) is 27.7 Å². The molecule has 1 aromatic heterocycles. The summed E-state index contributed by atoms with van der Waals surface area (Å²) in [5, 5.41) is 5.56. The second-order valence-corrected chi connectivity index (χ2v) is 8.80. The smallest absolute Gasteiger partial charge is 0.266 e. The predicted molar refractivity (Wildman–Crippen MR) is 120 cm³/mol. The van der Waals surface area contributed by atoms with Gasteiger partial charge >= 0.3 is 0 Å². The highest BCUT2D eigenvalue weighted by atomic mass is 32.2. The lowest BCUT2D eigenvalue weighted by Crippen LogP contribution is -2.27. The van der Waals surface area contributed by atoms with Crippen LogP contribution in [0.25, 0.3) is 17.3 Å². The first-order valence-electron chi connectivity index (χ1n) is 9.72. The third-order valence-corrected chi connectivity index (χ3v) is 5.68. The number of nitrogens with one attached hydrogen (secondary N) is 1. The van der Waals surface area contributed by atoms with E-state index in [1.165, 1.54) is 10.7 Å². The second kappa shape index (κ2) is 9.65. The van der Waals surface area contributed by atoms with Crippen molar-refractivity contribution in [3.05, 3.63) is 93.1 Å². The van der Waals surface area contributed by atoms with Crippen molar-refractivity contribution in [1.29, 1.82) is 0 Å². The van der Waals surface area contributed by atoms with Crippen LogP contribution in [0.1, 0.15) is 23.1 Å². The van der Waals surface area contributed by atoms with Gasteiger partial charge in [-0.3, -0.25) is 4.79 Å². The van der Waals surface area contributed by atoms with Crippen LogP contribution in [0.5, 0.6) is 0 Å². The molecule has 0 unspecified atom stereocenters. The largest absolute Gasteiger partial charge is 0.268 e. The molecule has 156 valence electrons. The van der Waals surface area contributed by atoms with Gasteiger partial charge in [-0.25, -0.2) is 17.8 Å². The Hall–Kier alpha value is -3.03. The van der Waals surface area contributed by atoms with Crippen LogP contribution in [0.15, 0.2) is 70.9 Å². The molecule has 7 heteroatoms. The fourth-order valence-corrected chi connectivity index (χ4v) is 3.69. The van der Waals surface area contributed by atoms with Gasteiger partial charge in [0.15, 0.2) is 0 Å². The maximum absolute atomic E-state index is 12.1. The minimum absolute atomic E-state index is 0.212. The summed E-state index contributed by atoms with van der Waals surface area (Å²) >= 11 is 0. The van der Waals surface area contributed by atoms with Crippen molar-refractivity contribution < 1.29 is 8.42 Å². The van der Waals surface area contributed by atoms with E-state index in [9.17, 15) is 13.2 Å². The molecular formula is C23H25N3O3S. The lowest BCUT2D eigenvalue weighted by Gasteiger charge is -2.08. The van der Waals surface area contributed by atoms with Gasteiger partial charge in [0.05, 0.1) is 5.69 Å². The van der Waals surface area contributed by atoms with E-state index in [0.29, 0.717) is 18.7 Å². The molecular weight excluding hydrogens is 398 g/mol. The van der Waals surface area contributed by atoms with E-state index in [4.69, 9.17) is 0 Å². The summed E-state index contributed by atoms with van der Waals surface area (Å²) in [6, 6.07) is 18.7. The van der Waals surface area contributed by atoms with Gasteiger partial charge in [0.2, 0.25) is 10.0 Å². The van der Waals surface area contributed by atoms with Gasteiger partial charge < -0.3 is 0 Å². The van der Waals surface area contributed by atoms with Crippen molar-refractivity contribution >= 4 is 16.1 Å². The van der Waals surface area contributed by atoms with Gasteiger partial charge in [-0.15, -0.1) is 0 Å². The summed E-state index contributed by atoms with van der Waals surface area (Å²) in [6.07, 6.45) is 2.00. The van der Waals surface area contributed by atoms with Crippen molar-refractivity contribution in [1.82, 2.24) is 14.5 Å². The molecule has 6 nitrogen and oxygen atoms in total. The van der Waals surface area contributed by atoms with Crippen LogP contribution in [0.2, 0.25) is 0 Å². The minimum Gasteiger partial charge on any atom is -0.268 e. The van der Waals surface area contributed by atoms with E-state index in [-0.39, 0.29) is 12.1 Å². The SMILES string of the molecule is Cc1ccc(/C=C/S(=O)(=O)NCCCn2nc(-c3ccc(C)cc3)ccc2=O)cc1. The molecule has 0 radical (unpaired) electrons. The lowest BCUT2D eigenvalue weighted by molar-refractivity contribution is 0.539. The van der Waals surface area contributed by atoms with Crippen LogP contribution in [0.3, 0.4) is 0 Å². The van der Waals surface area contributed by atoms with E-state index < -0.39 is 10.0 Å². The Morgan fingerprint density at radius 2 is 1.57 bits per heavy atom.